The number of carbonyl (C=O) groups excluding carboxylic acids is 1. The van der Waals surface area contributed by atoms with E-state index in [0.717, 1.165) is 22.5 Å². The first-order valence-electron chi connectivity index (χ1n) is 5.52. The van der Waals surface area contributed by atoms with Crippen LogP contribution in [0.25, 0.3) is 0 Å². The van der Waals surface area contributed by atoms with Gasteiger partial charge in [-0.1, -0.05) is 6.07 Å². The third kappa shape index (κ3) is 2.75. The molecule has 0 spiro atoms. The normalized spacial score (nSPS) is 17.3. The monoisotopic (exact) mass is 288 g/mol. The number of carbonyl (C=O) groups is 1. The molecule has 0 aromatic heterocycles. The number of hydrogen-bond donors (Lipinski definition) is 0. The number of sulfonamides is 1. The summed E-state index contributed by atoms with van der Waals surface area (Å²) in [5, 5.41) is 10.7. The van der Waals surface area contributed by atoms with E-state index in [1.165, 1.54) is 0 Å². The lowest BCUT2D eigenvalue weighted by Gasteiger charge is -2.26. The van der Waals surface area contributed by atoms with Gasteiger partial charge in [-0.05, 0) is 17.7 Å². The molecule has 1 aromatic rings. The fourth-order valence-corrected chi connectivity index (χ4v) is 3.25. The number of carboxylic acids is 1. The lowest BCUT2D eigenvalue weighted by atomic mass is 10.2. The van der Waals surface area contributed by atoms with E-state index >= 15 is 0 Å². The molecule has 0 saturated carbocycles. The number of nitrogens with zero attached hydrogens (tertiary/aromatic N) is 1. The SMILES string of the molecule is O=C([O-])c1ccc(F)c(S(=O)(=O)N2CCOCC2)c1. The third-order valence-electron chi connectivity index (χ3n) is 2.75. The van der Waals surface area contributed by atoms with E-state index in [0.29, 0.717) is 0 Å². The summed E-state index contributed by atoms with van der Waals surface area (Å²) >= 11 is 0. The van der Waals surface area contributed by atoms with Gasteiger partial charge in [0.05, 0.1) is 19.2 Å². The van der Waals surface area contributed by atoms with Crippen molar-refractivity contribution in [3.63, 3.8) is 0 Å². The molecule has 0 atom stereocenters. The van der Waals surface area contributed by atoms with Crippen LogP contribution in [0.1, 0.15) is 10.4 Å². The summed E-state index contributed by atoms with van der Waals surface area (Å²) in [5.41, 5.74) is -0.381. The van der Waals surface area contributed by atoms with Crippen molar-refractivity contribution in [2.24, 2.45) is 0 Å². The van der Waals surface area contributed by atoms with Crippen LogP contribution in [0.2, 0.25) is 0 Å². The minimum atomic E-state index is -4.06. The zero-order valence-electron chi connectivity index (χ0n) is 9.84. The van der Waals surface area contributed by atoms with Crippen molar-refractivity contribution < 1.29 is 27.4 Å². The highest BCUT2D eigenvalue weighted by atomic mass is 32.2. The predicted molar refractivity (Wildman–Crippen MR) is 60.3 cm³/mol. The second kappa shape index (κ2) is 5.24. The Labute approximate surface area is 109 Å². The smallest absolute Gasteiger partial charge is 0.246 e. The van der Waals surface area contributed by atoms with Crippen LogP contribution >= 0.6 is 0 Å². The summed E-state index contributed by atoms with van der Waals surface area (Å²) in [7, 11) is -4.06. The quantitative estimate of drug-likeness (QED) is 0.727. The molecule has 0 radical (unpaired) electrons. The van der Waals surface area contributed by atoms with E-state index in [9.17, 15) is 22.7 Å². The van der Waals surface area contributed by atoms with Gasteiger partial charge in [-0.2, -0.15) is 4.31 Å². The molecular formula is C11H11FNO5S-. The minimum absolute atomic E-state index is 0.108. The van der Waals surface area contributed by atoms with Gasteiger partial charge in [0.2, 0.25) is 10.0 Å². The molecule has 104 valence electrons. The highest BCUT2D eigenvalue weighted by Gasteiger charge is 2.29. The van der Waals surface area contributed by atoms with Crippen molar-refractivity contribution in [3.8, 4) is 0 Å². The largest absolute Gasteiger partial charge is 0.545 e. The molecule has 0 unspecified atom stereocenters. The average Bonchev–Trinajstić information content (AvgIpc) is 2.39. The zero-order valence-corrected chi connectivity index (χ0v) is 10.7. The summed E-state index contributed by atoms with van der Waals surface area (Å²) in [6, 6.07) is 2.54. The number of rotatable bonds is 3. The fourth-order valence-electron chi connectivity index (χ4n) is 1.75. The first-order chi connectivity index (χ1) is 8.93. The van der Waals surface area contributed by atoms with Gasteiger partial charge in [0.15, 0.2) is 0 Å². The van der Waals surface area contributed by atoms with E-state index in [2.05, 4.69) is 0 Å². The molecule has 1 fully saturated rings. The minimum Gasteiger partial charge on any atom is -0.545 e. The van der Waals surface area contributed by atoms with Gasteiger partial charge in [-0.25, -0.2) is 12.8 Å². The Hall–Kier alpha value is -1.51. The zero-order chi connectivity index (χ0) is 14.0. The predicted octanol–water partition coefficient (Wildman–Crippen LogP) is -0.790. The summed E-state index contributed by atoms with van der Waals surface area (Å²) in [6.45, 7) is 0.663. The molecular weight excluding hydrogens is 277 g/mol. The van der Waals surface area contributed by atoms with Crippen LogP contribution in [-0.2, 0) is 14.8 Å². The molecule has 1 heterocycles. The lowest BCUT2D eigenvalue weighted by Crippen LogP contribution is -2.41. The second-order valence-corrected chi connectivity index (χ2v) is 5.86. The number of hydrogen-bond acceptors (Lipinski definition) is 5. The van der Waals surface area contributed by atoms with Crippen LogP contribution in [0, 0.1) is 5.82 Å². The standard InChI is InChI=1S/C11H12FNO5S/c12-9-2-1-8(11(14)15)7-10(9)19(16,17)13-3-5-18-6-4-13/h1-2,7H,3-6H2,(H,14,15)/p-1. The highest BCUT2D eigenvalue weighted by molar-refractivity contribution is 7.89. The Morgan fingerprint density at radius 2 is 1.95 bits per heavy atom. The lowest BCUT2D eigenvalue weighted by molar-refractivity contribution is -0.255. The molecule has 19 heavy (non-hydrogen) atoms. The molecule has 1 aliphatic heterocycles. The number of benzene rings is 1. The van der Waals surface area contributed by atoms with Gasteiger partial charge in [-0.3, -0.25) is 0 Å². The number of aromatic carboxylic acids is 1. The van der Waals surface area contributed by atoms with Crippen LogP contribution < -0.4 is 5.11 Å². The van der Waals surface area contributed by atoms with Crippen molar-refractivity contribution in [2.75, 3.05) is 26.3 Å². The van der Waals surface area contributed by atoms with Crippen molar-refractivity contribution >= 4 is 16.0 Å². The Kier molecular flexibility index (Phi) is 3.83. The molecule has 1 aromatic carbocycles. The van der Waals surface area contributed by atoms with Gasteiger partial charge in [-0.15, -0.1) is 0 Å². The molecule has 2 rings (SSSR count). The number of carboxylic acid groups (broad SMARTS) is 1. The Balaban J connectivity index is 2.44. The summed E-state index contributed by atoms with van der Waals surface area (Å²) in [4.78, 5) is 10.0. The molecule has 0 N–H and O–H groups in total. The van der Waals surface area contributed by atoms with E-state index in [1.807, 2.05) is 0 Å². The van der Waals surface area contributed by atoms with Gasteiger partial charge in [0, 0.05) is 13.1 Å². The van der Waals surface area contributed by atoms with E-state index in [-0.39, 0.29) is 31.9 Å². The van der Waals surface area contributed by atoms with Crippen molar-refractivity contribution in [1.29, 1.82) is 0 Å². The molecule has 6 nitrogen and oxygen atoms in total. The highest BCUT2D eigenvalue weighted by Crippen LogP contribution is 2.21. The van der Waals surface area contributed by atoms with Crippen LogP contribution in [0.15, 0.2) is 23.1 Å². The fraction of sp³-hybridized carbons (Fsp3) is 0.364. The van der Waals surface area contributed by atoms with E-state index in [4.69, 9.17) is 4.74 Å². The maximum atomic E-state index is 13.6. The molecule has 8 heteroatoms. The maximum absolute atomic E-state index is 13.6. The van der Waals surface area contributed by atoms with Gasteiger partial charge in [0.25, 0.3) is 0 Å². The summed E-state index contributed by atoms with van der Waals surface area (Å²) in [5.74, 6) is -2.55. The van der Waals surface area contributed by atoms with E-state index < -0.39 is 26.7 Å². The molecule has 0 amide bonds. The van der Waals surface area contributed by atoms with Crippen LogP contribution in [-0.4, -0.2) is 45.0 Å². The van der Waals surface area contributed by atoms with Gasteiger partial charge in [0.1, 0.15) is 10.7 Å². The number of ether oxygens (including phenoxy) is 1. The molecule has 0 bridgehead atoms. The first kappa shape index (κ1) is 13.9. The summed E-state index contributed by atoms with van der Waals surface area (Å²) < 4.78 is 44.1. The molecule has 1 aliphatic rings. The van der Waals surface area contributed by atoms with E-state index in [1.54, 1.807) is 0 Å². The Morgan fingerprint density at radius 1 is 1.32 bits per heavy atom. The van der Waals surface area contributed by atoms with Crippen LogP contribution in [0.3, 0.4) is 0 Å². The Morgan fingerprint density at radius 3 is 2.53 bits per heavy atom. The first-order valence-corrected chi connectivity index (χ1v) is 6.96. The van der Waals surface area contributed by atoms with Crippen molar-refractivity contribution in [2.45, 2.75) is 4.90 Å². The van der Waals surface area contributed by atoms with Gasteiger partial charge < -0.3 is 14.6 Å². The number of morpholine rings is 1. The molecule has 0 aliphatic carbocycles. The summed E-state index contributed by atoms with van der Waals surface area (Å²) in [6.07, 6.45) is 0. The van der Waals surface area contributed by atoms with Gasteiger partial charge >= 0.3 is 0 Å². The average molecular weight is 288 g/mol. The molecule has 1 saturated heterocycles. The number of halogens is 1. The van der Waals surface area contributed by atoms with Crippen LogP contribution in [0.4, 0.5) is 4.39 Å². The Bertz CT molecular complexity index is 595. The maximum Gasteiger partial charge on any atom is 0.246 e. The third-order valence-corrected chi connectivity index (χ3v) is 4.67. The topological polar surface area (TPSA) is 86.7 Å². The van der Waals surface area contributed by atoms with Crippen LogP contribution in [0.5, 0.6) is 0 Å². The van der Waals surface area contributed by atoms with Crippen molar-refractivity contribution in [3.05, 3.63) is 29.6 Å². The second-order valence-electron chi connectivity index (χ2n) is 3.95. The van der Waals surface area contributed by atoms with Crippen molar-refractivity contribution in [1.82, 2.24) is 4.31 Å².